The summed E-state index contributed by atoms with van der Waals surface area (Å²) in [7, 11) is 0. The van der Waals surface area contributed by atoms with Crippen LogP contribution in [0.15, 0.2) is 0 Å². The molecule has 1 heteroatoms. The first-order valence-corrected chi connectivity index (χ1v) is 2.74. The molecule has 0 saturated heterocycles. The molecule has 0 unspecified atom stereocenters. The van der Waals surface area contributed by atoms with E-state index in [4.69, 9.17) is 0 Å². The Balaban J connectivity index is 2.32. The average molecular weight is 171 g/mol. The van der Waals surface area contributed by atoms with Crippen LogP contribution in [0.25, 0.3) is 0 Å². The van der Waals surface area contributed by atoms with Gasteiger partial charge < -0.3 is 0 Å². The number of hydrogen-bond donors (Lipinski definition) is 0. The van der Waals surface area contributed by atoms with Crippen molar-refractivity contribution in [3.63, 3.8) is 0 Å². The molecule has 0 fully saturated rings. The van der Waals surface area contributed by atoms with Crippen LogP contribution >= 0.6 is 0 Å². The molecule has 0 atom stereocenters. The third-order valence-corrected chi connectivity index (χ3v) is 0. The maximum absolute atomic E-state index is 2.17. The zero-order valence-corrected chi connectivity index (χ0v) is 5.32. The summed E-state index contributed by atoms with van der Waals surface area (Å²) < 4.78 is 0.843. The molecule has 25 valence electrons. The molecule has 0 spiro atoms. The Kier molecular flexibility index (Phi) is 2.46. The van der Waals surface area contributed by atoms with Crippen LogP contribution in [-0.2, 0) is 0 Å². The van der Waals surface area contributed by atoms with Gasteiger partial charge in [0.05, 0.1) is 0 Å². The fourth-order valence-electron chi connectivity index (χ4n) is 0. The monoisotopic (exact) mass is 173 g/mol. The van der Waals surface area contributed by atoms with Gasteiger partial charge in [0.2, 0.25) is 0 Å². The summed E-state index contributed by atoms with van der Waals surface area (Å²) in [6, 6.07) is 0. The summed E-state index contributed by atoms with van der Waals surface area (Å²) in [5.41, 5.74) is 0. The van der Waals surface area contributed by atoms with Gasteiger partial charge in [0.1, 0.15) is 0 Å². The van der Waals surface area contributed by atoms with Gasteiger partial charge in [-0.15, -0.1) is 0 Å². The van der Waals surface area contributed by atoms with Crippen LogP contribution in [0.4, 0.5) is 0 Å². The summed E-state index contributed by atoms with van der Waals surface area (Å²) in [6.07, 6.45) is 0. The topological polar surface area (TPSA) is 0 Å². The van der Waals surface area contributed by atoms with Crippen LogP contribution in [0, 0.1) is 0 Å². The first-order valence-electron chi connectivity index (χ1n) is 1.39. The van der Waals surface area contributed by atoms with E-state index in [1.165, 1.54) is 0 Å². The first-order chi connectivity index (χ1) is 1.73. The van der Waals surface area contributed by atoms with E-state index in [0.717, 1.165) is 3.97 Å². The Morgan fingerprint density at radius 2 is 1.50 bits per heavy atom. The van der Waals surface area contributed by atoms with Gasteiger partial charge >= 0.3 is 40.1 Å². The minimum atomic E-state index is 0.843. The van der Waals surface area contributed by atoms with E-state index < -0.39 is 0 Å². The molecule has 0 saturated carbocycles. The van der Waals surface area contributed by atoms with Crippen LogP contribution in [0.1, 0.15) is 13.8 Å². The summed E-state index contributed by atoms with van der Waals surface area (Å²) in [5, 5.41) is 0. The molecule has 4 heavy (non-hydrogen) atoms. The average Bonchev–Trinajstić information content (AvgIpc) is 0.811. The second-order valence-electron chi connectivity index (χ2n) is 1.05. The first kappa shape index (κ1) is 4.79. The normalized spacial score (nSPS) is 9.00. The van der Waals surface area contributed by atoms with Crippen LogP contribution in [-0.4, -0.2) is 22.3 Å². The van der Waals surface area contributed by atoms with E-state index in [2.05, 4.69) is 36.1 Å². The molecular formula is C3H7Te. The Morgan fingerprint density at radius 1 is 1.50 bits per heavy atom. The Bertz CT molecular complexity index is 8.00. The van der Waals surface area contributed by atoms with Crippen molar-refractivity contribution in [3.8, 4) is 0 Å². The van der Waals surface area contributed by atoms with Crippen molar-refractivity contribution in [2.75, 3.05) is 0 Å². The Labute approximate surface area is 40.5 Å². The van der Waals surface area contributed by atoms with Gasteiger partial charge in [-0.25, -0.2) is 0 Å². The van der Waals surface area contributed by atoms with E-state index in [1.807, 2.05) is 0 Å². The van der Waals surface area contributed by atoms with Crippen LogP contribution in [0.5, 0.6) is 0 Å². The van der Waals surface area contributed by atoms with E-state index in [0.29, 0.717) is 0 Å². The van der Waals surface area contributed by atoms with Gasteiger partial charge in [-0.05, 0) is 0 Å². The van der Waals surface area contributed by atoms with Crippen LogP contribution in [0.3, 0.4) is 0 Å². The maximum atomic E-state index is 2.17. The van der Waals surface area contributed by atoms with Crippen LogP contribution in [0.2, 0.25) is 3.97 Å². The Hall–Kier alpha value is 0.790. The van der Waals surface area contributed by atoms with Crippen molar-refractivity contribution < 1.29 is 0 Å². The van der Waals surface area contributed by atoms with Gasteiger partial charge in [-0.1, -0.05) is 0 Å². The third-order valence-electron chi connectivity index (χ3n) is 0. The zero-order chi connectivity index (χ0) is 3.58. The standard InChI is InChI=1S/C3H7Te/c1-3(2)4/h3H,1-2H3. The van der Waals surface area contributed by atoms with Gasteiger partial charge in [0.15, 0.2) is 0 Å². The minimum absolute atomic E-state index is 0.843. The molecule has 1 radical (unpaired) electrons. The molecule has 0 amide bonds. The van der Waals surface area contributed by atoms with E-state index in [9.17, 15) is 0 Å². The fourth-order valence-corrected chi connectivity index (χ4v) is 0. The van der Waals surface area contributed by atoms with E-state index >= 15 is 0 Å². The molecule has 0 bridgehead atoms. The molecule has 0 rings (SSSR count). The van der Waals surface area contributed by atoms with Crippen molar-refractivity contribution >= 4 is 22.3 Å². The van der Waals surface area contributed by atoms with Crippen molar-refractivity contribution in [1.29, 1.82) is 0 Å². The molecule has 0 aliphatic carbocycles. The molecule has 0 aromatic heterocycles. The van der Waals surface area contributed by atoms with Gasteiger partial charge in [-0.2, -0.15) is 0 Å². The summed E-state index contributed by atoms with van der Waals surface area (Å²) in [5.74, 6) is 0. The summed E-state index contributed by atoms with van der Waals surface area (Å²) in [6.45, 7) is 4.34. The molecule has 0 nitrogen and oxygen atoms in total. The zero-order valence-electron chi connectivity index (χ0n) is 2.99. The predicted octanol–water partition coefficient (Wildman–Crippen LogP) is 0.983. The van der Waals surface area contributed by atoms with Crippen molar-refractivity contribution in [2.45, 2.75) is 17.8 Å². The molecule has 0 aromatic rings. The molecule has 0 aromatic carbocycles. The summed E-state index contributed by atoms with van der Waals surface area (Å²) >= 11 is 2.11. The molecular weight excluding hydrogens is 164 g/mol. The SMILES string of the molecule is CC(C)[Te]. The second kappa shape index (κ2) is 2.05. The molecule has 0 N–H and O–H groups in total. The van der Waals surface area contributed by atoms with E-state index in [-0.39, 0.29) is 0 Å². The van der Waals surface area contributed by atoms with Gasteiger partial charge in [-0.3, -0.25) is 0 Å². The summed E-state index contributed by atoms with van der Waals surface area (Å²) in [4.78, 5) is 0. The number of hydrogen-bond acceptors (Lipinski definition) is 0. The molecule has 0 aliphatic heterocycles. The van der Waals surface area contributed by atoms with E-state index in [1.54, 1.807) is 0 Å². The van der Waals surface area contributed by atoms with Crippen molar-refractivity contribution in [2.24, 2.45) is 0 Å². The predicted molar refractivity (Wildman–Crippen MR) is 20.9 cm³/mol. The molecule has 0 heterocycles. The van der Waals surface area contributed by atoms with Crippen molar-refractivity contribution in [3.05, 3.63) is 0 Å². The van der Waals surface area contributed by atoms with Gasteiger partial charge in [0, 0.05) is 0 Å². The Morgan fingerprint density at radius 3 is 1.50 bits per heavy atom. The van der Waals surface area contributed by atoms with Crippen LogP contribution < -0.4 is 0 Å². The third kappa shape index (κ3) is 14.3. The quantitative estimate of drug-likeness (QED) is 0.476. The number of rotatable bonds is 0. The van der Waals surface area contributed by atoms with Gasteiger partial charge in [0.25, 0.3) is 0 Å². The fraction of sp³-hybridized carbons (Fsp3) is 1.00. The van der Waals surface area contributed by atoms with Crippen molar-refractivity contribution in [1.82, 2.24) is 0 Å². The molecule has 0 aliphatic rings. The second-order valence-corrected chi connectivity index (χ2v) is 3.74.